The topological polar surface area (TPSA) is 58.9 Å². The fourth-order valence-electron chi connectivity index (χ4n) is 1.93. The molecule has 0 amide bonds. The van der Waals surface area contributed by atoms with Crippen LogP contribution in [-0.4, -0.2) is 20.3 Å². The molecular formula is C15H12FN3OS. The lowest BCUT2D eigenvalue weighted by atomic mass is 9.98. The predicted molar refractivity (Wildman–Crippen MR) is 78.2 cm³/mol. The van der Waals surface area contributed by atoms with E-state index in [1.165, 1.54) is 23.5 Å². The second kappa shape index (κ2) is 5.31. The van der Waals surface area contributed by atoms with Gasteiger partial charge in [-0.05, 0) is 48.9 Å². The maximum absolute atomic E-state index is 12.9. The molecule has 21 heavy (non-hydrogen) atoms. The van der Waals surface area contributed by atoms with Gasteiger partial charge >= 0.3 is 0 Å². The second-order valence-corrected chi connectivity index (χ2v) is 5.70. The molecule has 0 saturated heterocycles. The van der Waals surface area contributed by atoms with E-state index >= 15 is 0 Å². The van der Waals surface area contributed by atoms with Crippen LogP contribution in [0.4, 0.5) is 4.39 Å². The Morgan fingerprint density at radius 3 is 2.38 bits per heavy atom. The highest BCUT2D eigenvalue weighted by Gasteiger charge is 2.30. The maximum Gasteiger partial charge on any atom is 0.153 e. The first-order valence-electron chi connectivity index (χ1n) is 6.30. The van der Waals surface area contributed by atoms with E-state index in [9.17, 15) is 9.50 Å². The van der Waals surface area contributed by atoms with Gasteiger partial charge < -0.3 is 5.11 Å². The van der Waals surface area contributed by atoms with E-state index in [2.05, 4.69) is 15.2 Å². The summed E-state index contributed by atoms with van der Waals surface area (Å²) < 4.78 is 12.9. The molecule has 3 rings (SSSR count). The van der Waals surface area contributed by atoms with Crippen molar-refractivity contribution in [3.8, 4) is 10.6 Å². The largest absolute Gasteiger partial charge is 0.378 e. The summed E-state index contributed by atoms with van der Waals surface area (Å²) in [6.45, 7) is 1.66. The number of benzene rings is 1. The Bertz CT molecular complexity index is 741. The highest BCUT2D eigenvalue weighted by Crippen LogP contribution is 2.34. The molecule has 1 unspecified atom stereocenters. The van der Waals surface area contributed by atoms with Crippen molar-refractivity contribution in [2.75, 3.05) is 0 Å². The number of rotatable bonds is 3. The molecule has 6 heteroatoms. The summed E-state index contributed by atoms with van der Waals surface area (Å²) >= 11 is 1.28. The van der Waals surface area contributed by atoms with Crippen molar-refractivity contribution in [3.05, 3.63) is 65.2 Å². The predicted octanol–water partition coefficient (Wildman–Crippen LogP) is 3.00. The number of aliphatic hydroxyl groups is 1. The van der Waals surface area contributed by atoms with Crippen LogP contribution in [0.2, 0.25) is 0 Å². The monoisotopic (exact) mass is 301 g/mol. The Hall–Kier alpha value is -2.18. The van der Waals surface area contributed by atoms with Crippen molar-refractivity contribution >= 4 is 11.3 Å². The van der Waals surface area contributed by atoms with Gasteiger partial charge in [-0.1, -0.05) is 11.3 Å². The zero-order valence-electron chi connectivity index (χ0n) is 11.2. The lowest BCUT2D eigenvalue weighted by Gasteiger charge is -2.19. The molecule has 1 atom stereocenters. The Morgan fingerprint density at radius 2 is 1.71 bits per heavy atom. The van der Waals surface area contributed by atoms with Crippen LogP contribution in [0.5, 0.6) is 0 Å². The van der Waals surface area contributed by atoms with Crippen LogP contribution in [-0.2, 0) is 5.60 Å². The lowest BCUT2D eigenvalue weighted by molar-refractivity contribution is 0.101. The van der Waals surface area contributed by atoms with Crippen molar-refractivity contribution in [2.24, 2.45) is 0 Å². The number of aromatic nitrogens is 3. The average Bonchev–Trinajstić information content (AvgIpc) is 2.99. The molecule has 0 bridgehead atoms. The summed E-state index contributed by atoms with van der Waals surface area (Å²) in [5.74, 6) is -0.299. The molecule has 4 nitrogen and oxygen atoms in total. The Labute approximate surface area is 125 Å². The molecule has 0 radical (unpaired) electrons. The molecule has 3 aromatic rings. The van der Waals surface area contributed by atoms with Gasteiger partial charge in [0.15, 0.2) is 5.01 Å². The smallest absolute Gasteiger partial charge is 0.153 e. The minimum absolute atomic E-state index is 0.299. The Morgan fingerprint density at radius 1 is 1.05 bits per heavy atom. The van der Waals surface area contributed by atoms with Gasteiger partial charge in [0.05, 0.1) is 0 Å². The van der Waals surface area contributed by atoms with E-state index in [1.807, 2.05) is 0 Å². The van der Waals surface area contributed by atoms with Crippen LogP contribution in [0.25, 0.3) is 10.6 Å². The van der Waals surface area contributed by atoms with Crippen molar-refractivity contribution < 1.29 is 9.50 Å². The number of hydrogen-bond acceptors (Lipinski definition) is 5. The molecule has 0 aliphatic carbocycles. The van der Waals surface area contributed by atoms with E-state index in [4.69, 9.17) is 0 Å². The van der Waals surface area contributed by atoms with Gasteiger partial charge in [-0.3, -0.25) is 4.98 Å². The normalized spacial score (nSPS) is 13.9. The minimum Gasteiger partial charge on any atom is -0.378 e. The van der Waals surface area contributed by atoms with Gasteiger partial charge in [-0.2, -0.15) is 0 Å². The first-order chi connectivity index (χ1) is 10.1. The molecule has 2 aromatic heterocycles. The van der Waals surface area contributed by atoms with E-state index in [1.54, 1.807) is 43.6 Å². The standard InChI is InChI=1S/C15H12FN3OS/c1-15(20,11-6-8-17-9-7-11)14-19-18-13(21-14)10-2-4-12(16)5-3-10/h2-9,20H,1H3. The van der Waals surface area contributed by atoms with Crippen LogP contribution >= 0.6 is 11.3 Å². The Kier molecular flexibility index (Phi) is 3.48. The molecule has 0 aliphatic heterocycles. The molecule has 0 spiro atoms. The SMILES string of the molecule is CC(O)(c1ccncc1)c1nnc(-c2ccc(F)cc2)s1. The summed E-state index contributed by atoms with van der Waals surface area (Å²) in [6.07, 6.45) is 3.23. The summed E-state index contributed by atoms with van der Waals surface area (Å²) in [4.78, 5) is 3.93. The minimum atomic E-state index is -1.24. The average molecular weight is 301 g/mol. The number of pyridine rings is 1. The van der Waals surface area contributed by atoms with Crippen molar-refractivity contribution in [2.45, 2.75) is 12.5 Å². The van der Waals surface area contributed by atoms with Gasteiger partial charge in [-0.15, -0.1) is 10.2 Å². The second-order valence-electron chi connectivity index (χ2n) is 4.73. The van der Waals surface area contributed by atoms with Gasteiger partial charge in [-0.25, -0.2) is 4.39 Å². The third-order valence-corrected chi connectivity index (χ3v) is 4.36. The number of nitrogens with zero attached hydrogens (tertiary/aromatic N) is 3. The summed E-state index contributed by atoms with van der Waals surface area (Å²) in [5.41, 5.74) is 0.226. The third kappa shape index (κ3) is 2.68. The van der Waals surface area contributed by atoms with Crippen LogP contribution < -0.4 is 0 Å². The zero-order valence-corrected chi connectivity index (χ0v) is 12.0. The van der Waals surface area contributed by atoms with Crippen molar-refractivity contribution in [3.63, 3.8) is 0 Å². The number of halogens is 1. The van der Waals surface area contributed by atoms with Crippen molar-refractivity contribution in [1.82, 2.24) is 15.2 Å². The quantitative estimate of drug-likeness (QED) is 0.808. The fraction of sp³-hybridized carbons (Fsp3) is 0.133. The van der Waals surface area contributed by atoms with Crippen LogP contribution in [0.1, 0.15) is 17.5 Å². The first kappa shape index (κ1) is 13.8. The molecule has 2 heterocycles. The summed E-state index contributed by atoms with van der Waals surface area (Å²) in [7, 11) is 0. The fourth-order valence-corrected chi connectivity index (χ4v) is 2.85. The molecule has 1 aromatic carbocycles. The van der Waals surface area contributed by atoms with E-state index in [0.717, 1.165) is 5.56 Å². The molecule has 0 aliphatic rings. The highest BCUT2D eigenvalue weighted by molar-refractivity contribution is 7.14. The summed E-state index contributed by atoms with van der Waals surface area (Å²) in [6, 6.07) is 9.49. The first-order valence-corrected chi connectivity index (χ1v) is 7.12. The molecule has 0 fully saturated rings. The highest BCUT2D eigenvalue weighted by atomic mass is 32.1. The van der Waals surface area contributed by atoms with Gasteiger partial charge in [0.1, 0.15) is 16.4 Å². The summed E-state index contributed by atoms with van der Waals surface area (Å²) in [5, 5.41) is 19.9. The van der Waals surface area contributed by atoms with Crippen molar-refractivity contribution in [1.29, 1.82) is 0 Å². The van der Waals surface area contributed by atoms with Crippen LogP contribution in [0, 0.1) is 5.82 Å². The van der Waals surface area contributed by atoms with E-state index in [-0.39, 0.29) is 5.82 Å². The van der Waals surface area contributed by atoms with Gasteiger partial charge in [0.25, 0.3) is 0 Å². The lowest BCUT2D eigenvalue weighted by Crippen LogP contribution is -2.22. The number of hydrogen-bond donors (Lipinski definition) is 1. The molecule has 1 N–H and O–H groups in total. The maximum atomic E-state index is 12.9. The molecule has 106 valence electrons. The molecule has 0 saturated carbocycles. The van der Waals surface area contributed by atoms with Crippen LogP contribution in [0.15, 0.2) is 48.8 Å². The van der Waals surface area contributed by atoms with Crippen LogP contribution in [0.3, 0.4) is 0 Å². The van der Waals surface area contributed by atoms with Gasteiger partial charge in [0.2, 0.25) is 0 Å². The third-order valence-electron chi connectivity index (χ3n) is 3.18. The molecular weight excluding hydrogens is 289 g/mol. The Balaban J connectivity index is 1.96. The van der Waals surface area contributed by atoms with Gasteiger partial charge in [0, 0.05) is 18.0 Å². The van der Waals surface area contributed by atoms with E-state index < -0.39 is 5.60 Å². The van der Waals surface area contributed by atoms with E-state index in [0.29, 0.717) is 15.6 Å². The zero-order chi connectivity index (χ0) is 14.9.